The van der Waals surface area contributed by atoms with Gasteiger partial charge in [-0.15, -0.1) is 0 Å². The fourth-order valence-corrected chi connectivity index (χ4v) is 1.56. The van der Waals surface area contributed by atoms with Crippen molar-refractivity contribution in [3.05, 3.63) is 34.3 Å². The van der Waals surface area contributed by atoms with Gasteiger partial charge in [-0.25, -0.2) is 4.39 Å². The molecular formula is C10H12BrF. The van der Waals surface area contributed by atoms with E-state index in [0.29, 0.717) is 0 Å². The van der Waals surface area contributed by atoms with Gasteiger partial charge in [-0.05, 0) is 12.0 Å². The van der Waals surface area contributed by atoms with Crippen molar-refractivity contribution in [2.45, 2.75) is 20.0 Å². The molecule has 2 heteroatoms. The molecule has 12 heavy (non-hydrogen) atoms. The number of alkyl halides is 1. The molecule has 1 unspecified atom stereocenters. The molecule has 0 aliphatic heterocycles. The highest BCUT2D eigenvalue weighted by atomic mass is 79.9. The lowest BCUT2D eigenvalue weighted by Gasteiger charge is -2.13. The molecule has 0 amide bonds. The van der Waals surface area contributed by atoms with Crippen molar-refractivity contribution in [1.82, 2.24) is 0 Å². The zero-order chi connectivity index (χ0) is 9.14. The van der Waals surface area contributed by atoms with Crippen LogP contribution in [-0.2, 0) is 0 Å². The summed E-state index contributed by atoms with van der Waals surface area (Å²) in [6.45, 7) is 3.76. The predicted octanol–water partition coefficient (Wildman–Crippen LogP) is 4.12. The zero-order valence-electron chi connectivity index (χ0n) is 7.22. The first-order chi connectivity index (χ1) is 5.63. The van der Waals surface area contributed by atoms with Gasteiger partial charge in [0.25, 0.3) is 0 Å². The Morgan fingerprint density at radius 1 is 1.25 bits per heavy atom. The van der Waals surface area contributed by atoms with Gasteiger partial charge in [0.1, 0.15) is 6.17 Å². The summed E-state index contributed by atoms with van der Waals surface area (Å²) >= 11 is 3.33. The van der Waals surface area contributed by atoms with Crippen molar-refractivity contribution in [2.24, 2.45) is 5.92 Å². The molecule has 0 radical (unpaired) electrons. The lowest BCUT2D eigenvalue weighted by molar-refractivity contribution is 0.261. The topological polar surface area (TPSA) is 0 Å². The quantitative estimate of drug-likeness (QED) is 0.718. The second-order valence-corrected chi connectivity index (χ2v) is 4.02. The molecule has 1 rings (SSSR count). The van der Waals surface area contributed by atoms with E-state index < -0.39 is 6.17 Å². The Hall–Kier alpha value is -0.370. The molecular weight excluding hydrogens is 219 g/mol. The molecule has 0 saturated carbocycles. The van der Waals surface area contributed by atoms with Gasteiger partial charge in [0.2, 0.25) is 0 Å². The van der Waals surface area contributed by atoms with Crippen LogP contribution in [0.1, 0.15) is 25.6 Å². The van der Waals surface area contributed by atoms with Gasteiger partial charge >= 0.3 is 0 Å². The molecule has 0 fully saturated rings. The summed E-state index contributed by atoms with van der Waals surface area (Å²) < 4.78 is 14.3. The van der Waals surface area contributed by atoms with E-state index in [0.717, 1.165) is 10.0 Å². The highest BCUT2D eigenvalue weighted by molar-refractivity contribution is 9.10. The molecule has 0 spiro atoms. The molecule has 1 aromatic carbocycles. The number of hydrogen-bond donors (Lipinski definition) is 0. The van der Waals surface area contributed by atoms with Gasteiger partial charge in [0.05, 0.1) is 0 Å². The number of hydrogen-bond acceptors (Lipinski definition) is 0. The van der Waals surface area contributed by atoms with Crippen molar-refractivity contribution < 1.29 is 4.39 Å². The Kier molecular flexibility index (Phi) is 3.27. The van der Waals surface area contributed by atoms with Crippen LogP contribution in [0.15, 0.2) is 28.7 Å². The summed E-state index contributed by atoms with van der Waals surface area (Å²) in [6, 6.07) is 7.43. The monoisotopic (exact) mass is 230 g/mol. The van der Waals surface area contributed by atoms with Crippen LogP contribution in [0.5, 0.6) is 0 Å². The molecule has 0 nitrogen and oxygen atoms in total. The van der Waals surface area contributed by atoms with E-state index >= 15 is 0 Å². The molecule has 0 aromatic heterocycles. The number of benzene rings is 1. The van der Waals surface area contributed by atoms with Crippen LogP contribution >= 0.6 is 15.9 Å². The Morgan fingerprint density at radius 2 is 1.83 bits per heavy atom. The minimum absolute atomic E-state index is 0.0312. The minimum Gasteiger partial charge on any atom is -0.242 e. The molecule has 0 aliphatic carbocycles. The fourth-order valence-electron chi connectivity index (χ4n) is 1.06. The third-order valence-corrected chi connectivity index (χ3v) is 2.51. The van der Waals surface area contributed by atoms with Crippen molar-refractivity contribution in [3.63, 3.8) is 0 Å². The van der Waals surface area contributed by atoms with E-state index in [1.807, 2.05) is 38.1 Å². The van der Waals surface area contributed by atoms with E-state index in [2.05, 4.69) is 15.9 Å². The van der Waals surface area contributed by atoms with Crippen molar-refractivity contribution >= 4 is 15.9 Å². The first kappa shape index (κ1) is 9.72. The SMILES string of the molecule is CC(C)C(F)c1ccccc1Br. The molecule has 0 aliphatic rings. The fraction of sp³-hybridized carbons (Fsp3) is 0.400. The van der Waals surface area contributed by atoms with Gasteiger partial charge in [-0.2, -0.15) is 0 Å². The van der Waals surface area contributed by atoms with Gasteiger partial charge in [-0.3, -0.25) is 0 Å². The maximum Gasteiger partial charge on any atom is 0.128 e. The smallest absolute Gasteiger partial charge is 0.128 e. The summed E-state index contributed by atoms with van der Waals surface area (Å²) in [5.41, 5.74) is 0.743. The average molecular weight is 231 g/mol. The molecule has 0 saturated heterocycles. The van der Waals surface area contributed by atoms with Crippen LogP contribution < -0.4 is 0 Å². The zero-order valence-corrected chi connectivity index (χ0v) is 8.81. The van der Waals surface area contributed by atoms with Crippen molar-refractivity contribution in [2.75, 3.05) is 0 Å². The van der Waals surface area contributed by atoms with E-state index in [-0.39, 0.29) is 5.92 Å². The van der Waals surface area contributed by atoms with Gasteiger partial charge < -0.3 is 0 Å². The maximum atomic E-state index is 13.5. The second kappa shape index (κ2) is 4.04. The average Bonchev–Trinajstić information content (AvgIpc) is 2.04. The van der Waals surface area contributed by atoms with Gasteiger partial charge in [0.15, 0.2) is 0 Å². The van der Waals surface area contributed by atoms with E-state index in [1.54, 1.807) is 0 Å². The third-order valence-electron chi connectivity index (χ3n) is 1.79. The molecule has 1 aromatic rings. The summed E-state index contributed by atoms with van der Waals surface area (Å²) in [5, 5.41) is 0. The second-order valence-electron chi connectivity index (χ2n) is 3.17. The Morgan fingerprint density at radius 3 is 2.33 bits per heavy atom. The Bertz CT molecular complexity index is 258. The summed E-state index contributed by atoms with van der Waals surface area (Å²) in [5.74, 6) is 0.0312. The molecule has 66 valence electrons. The maximum absolute atomic E-state index is 13.5. The van der Waals surface area contributed by atoms with Crippen molar-refractivity contribution in [1.29, 1.82) is 0 Å². The lowest BCUT2D eigenvalue weighted by Crippen LogP contribution is -2.00. The number of halogens is 2. The summed E-state index contributed by atoms with van der Waals surface area (Å²) in [4.78, 5) is 0. The predicted molar refractivity (Wildman–Crippen MR) is 52.8 cm³/mol. The van der Waals surface area contributed by atoms with Crippen molar-refractivity contribution in [3.8, 4) is 0 Å². The van der Waals surface area contributed by atoms with Crippen LogP contribution in [-0.4, -0.2) is 0 Å². The molecule has 0 N–H and O–H groups in total. The first-order valence-corrected chi connectivity index (χ1v) is 4.80. The van der Waals surface area contributed by atoms with Crippen LogP contribution in [0.25, 0.3) is 0 Å². The highest BCUT2D eigenvalue weighted by Crippen LogP contribution is 2.30. The Labute approximate surface area is 80.9 Å². The molecule has 0 heterocycles. The molecule has 0 bridgehead atoms. The summed E-state index contributed by atoms with van der Waals surface area (Å²) in [7, 11) is 0. The van der Waals surface area contributed by atoms with E-state index in [9.17, 15) is 4.39 Å². The normalized spacial score (nSPS) is 13.4. The number of rotatable bonds is 2. The largest absolute Gasteiger partial charge is 0.242 e. The Balaban J connectivity index is 2.94. The first-order valence-electron chi connectivity index (χ1n) is 4.01. The van der Waals surface area contributed by atoms with Gasteiger partial charge in [-0.1, -0.05) is 48.0 Å². The van der Waals surface area contributed by atoms with Crippen LogP contribution in [0.2, 0.25) is 0 Å². The molecule has 1 atom stereocenters. The van der Waals surface area contributed by atoms with Crippen LogP contribution in [0.3, 0.4) is 0 Å². The third kappa shape index (κ3) is 2.07. The standard InChI is InChI=1S/C10H12BrF/c1-7(2)10(12)8-5-3-4-6-9(8)11/h3-7,10H,1-2H3. The summed E-state index contributed by atoms with van der Waals surface area (Å²) in [6.07, 6.45) is -0.874. The minimum atomic E-state index is -0.874. The van der Waals surface area contributed by atoms with E-state index in [4.69, 9.17) is 0 Å². The van der Waals surface area contributed by atoms with E-state index in [1.165, 1.54) is 0 Å². The van der Waals surface area contributed by atoms with Gasteiger partial charge in [0, 0.05) is 10.0 Å². The van der Waals surface area contributed by atoms with Crippen LogP contribution in [0.4, 0.5) is 4.39 Å². The highest BCUT2D eigenvalue weighted by Gasteiger charge is 2.15. The van der Waals surface area contributed by atoms with Crippen LogP contribution in [0, 0.1) is 5.92 Å². The lowest BCUT2D eigenvalue weighted by atomic mass is 10.0.